The van der Waals surface area contributed by atoms with Gasteiger partial charge in [-0.15, -0.1) is 11.3 Å². The summed E-state index contributed by atoms with van der Waals surface area (Å²) in [6.07, 6.45) is 7.22. The van der Waals surface area contributed by atoms with Crippen molar-refractivity contribution in [2.75, 3.05) is 0 Å². The topological polar surface area (TPSA) is 17.8 Å². The first-order valence-corrected chi connectivity index (χ1v) is 6.40. The Hall–Kier alpha value is -1.09. The second-order valence-electron chi connectivity index (χ2n) is 4.08. The highest BCUT2D eigenvalue weighted by molar-refractivity contribution is 7.13. The lowest BCUT2D eigenvalue weighted by Crippen LogP contribution is -2.07. The molecule has 2 heterocycles. The maximum Gasteiger partial charge on any atom is 0.0785 e. The zero-order valence-electron chi connectivity index (χ0n) is 8.60. The molecule has 0 saturated heterocycles. The van der Waals surface area contributed by atoms with Crippen LogP contribution in [0.4, 0.5) is 0 Å². The van der Waals surface area contributed by atoms with Crippen LogP contribution in [0.5, 0.6) is 0 Å². The van der Waals surface area contributed by atoms with Crippen LogP contribution in [0.15, 0.2) is 29.8 Å². The van der Waals surface area contributed by atoms with Crippen LogP contribution in [0, 0.1) is 0 Å². The van der Waals surface area contributed by atoms with E-state index in [0.29, 0.717) is 6.04 Å². The van der Waals surface area contributed by atoms with Gasteiger partial charge in [0.25, 0.3) is 0 Å². The molecule has 1 aliphatic carbocycles. The van der Waals surface area contributed by atoms with Gasteiger partial charge in [0.1, 0.15) is 0 Å². The largest absolute Gasteiger partial charge is 0.261 e. The van der Waals surface area contributed by atoms with E-state index in [2.05, 4.69) is 33.4 Å². The van der Waals surface area contributed by atoms with Crippen molar-refractivity contribution < 1.29 is 0 Å². The molecule has 3 heteroatoms. The Bertz CT molecular complexity index is 424. The third-order valence-corrected chi connectivity index (χ3v) is 4.01. The molecule has 0 aliphatic heterocycles. The highest BCUT2D eigenvalue weighted by Gasteiger charge is 2.20. The van der Waals surface area contributed by atoms with Gasteiger partial charge < -0.3 is 0 Å². The number of rotatable bonds is 2. The monoisotopic (exact) mass is 218 g/mol. The van der Waals surface area contributed by atoms with Gasteiger partial charge in [-0.25, -0.2) is 0 Å². The Morgan fingerprint density at radius 3 is 2.87 bits per heavy atom. The van der Waals surface area contributed by atoms with Crippen molar-refractivity contribution in [3.05, 3.63) is 29.8 Å². The van der Waals surface area contributed by atoms with Gasteiger partial charge in [-0.2, -0.15) is 5.10 Å². The zero-order chi connectivity index (χ0) is 10.1. The smallest absolute Gasteiger partial charge is 0.0785 e. The highest BCUT2D eigenvalue weighted by atomic mass is 32.1. The molecule has 0 unspecified atom stereocenters. The van der Waals surface area contributed by atoms with E-state index in [1.165, 1.54) is 36.3 Å². The molecule has 1 saturated carbocycles. The van der Waals surface area contributed by atoms with E-state index in [4.69, 9.17) is 0 Å². The molecule has 0 N–H and O–H groups in total. The molecule has 1 aliphatic rings. The summed E-state index contributed by atoms with van der Waals surface area (Å²) >= 11 is 1.79. The minimum absolute atomic E-state index is 0.636. The molecule has 0 amide bonds. The Morgan fingerprint density at radius 2 is 2.13 bits per heavy atom. The molecule has 78 valence electrons. The van der Waals surface area contributed by atoms with E-state index in [1.807, 2.05) is 6.20 Å². The molecule has 15 heavy (non-hydrogen) atoms. The number of aromatic nitrogens is 2. The Balaban J connectivity index is 1.98. The van der Waals surface area contributed by atoms with Crippen LogP contribution in [0.1, 0.15) is 31.7 Å². The Kier molecular flexibility index (Phi) is 2.33. The lowest BCUT2D eigenvalue weighted by molar-refractivity contribution is 0.472. The summed E-state index contributed by atoms with van der Waals surface area (Å²) in [7, 11) is 0. The van der Waals surface area contributed by atoms with Crippen molar-refractivity contribution in [3.63, 3.8) is 0 Å². The van der Waals surface area contributed by atoms with Gasteiger partial charge >= 0.3 is 0 Å². The SMILES string of the molecule is c1csc(-c2ccnn2C2CCCC2)c1. The molecule has 0 spiro atoms. The van der Waals surface area contributed by atoms with Crippen molar-refractivity contribution >= 4 is 11.3 Å². The van der Waals surface area contributed by atoms with Crippen LogP contribution in [-0.4, -0.2) is 9.78 Å². The van der Waals surface area contributed by atoms with Crippen LogP contribution in [0.3, 0.4) is 0 Å². The average molecular weight is 218 g/mol. The summed E-state index contributed by atoms with van der Waals surface area (Å²) in [6, 6.07) is 7.04. The normalized spacial score (nSPS) is 17.3. The number of nitrogens with zero attached hydrogens (tertiary/aromatic N) is 2. The van der Waals surface area contributed by atoms with Crippen LogP contribution in [0.25, 0.3) is 10.6 Å². The van der Waals surface area contributed by atoms with E-state index in [-0.39, 0.29) is 0 Å². The van der Waals surface area contributed by atoms with E-state index in [0.717, 1.165) is 0 Å². The quantitative estimate of drug-likeness (QED) is 0.751. The van der Waals surface area contributed by atoms with Gasteiger partial charge in [-0.1, -0.05) is 18.9 Å². The molecule has 2 nitrogen and oxygen atoms in total. The van der Waals surface area contributed by atoms with Crippen molar-refractivity contribution in [1.29, 1.82) is 0 Å². The summed E-state index contributed by atoms with van der Waals surface area (Å²) in [5, 5.41) is 6.60. The summed E-state index contributed by atoms with van der Waals surface area (Å²) in [5.41, 5.74) is 1.29. The summed E-state index contributed by atoms with van der Waals surface area (Å²) < 4.78 is 2.22. The Labute approximate surface area is 93.6 Å². The molecule has 2 aromatic heterocycles. The van der Waals surface area contributed by atoms with Crippen molar-refractivity contribution in [2.45, 2.75) is 31.7 Å². The highest BCUT2D eigenvalue weighted by Crippen LogP contribution is 2.34. The number of hydrogen-bond acceptors (Lipinski definition) is 2. The molecule has 0 aromatic carbocycles. The predicted octanol–water partition coefficient (Wildman–Crippen LogP) is 3.73. The number of hydrogen-bond donors (Lipinski definition) is 0. The van der Waals surface area contributed by atoms with Gasteiger partial charge in [0.2, 0.25) is 0 Å². The van der Waals surface area contributed by atoms with E-state index in [1.54, 1.807) is 11.3 Å². The fraction of sp³-hybridized carbons (Fsp3) is 0.417. The lowest BCUT2D eigenvalue weighted by atomic mass is 10.2. The molecule has 0 radical (unpaired) electrons. The van der Waals surface area contributed by atoms with Gasteiger partial charge in [-0.05, 0) is 30.4 Å². The van der Waals surface area contributed by atoms with Crippen molar-refractivity contribution in [2.24, 2.45) is 0 Å². The molecular formula is C12H14N2S. The molecule has 2 aromatic rings. The van der Waals surface area contributed by atoms with Gasteiger partial charge in [0.05, 0.1) is 16.6 Å². The zero-order valence-corrected chi connectivity index (χ0v) is 9.41. The summed E-state index contributed by atoms with van der Waals surface area (Å²) in [6.45, 7) is 0. The second-order valence-corrected chi connectivity index (χ2v) is 5.02. The predicted molar refractivity (Wildman–Crippen MR) is 63.0 cm³/mol. The van der Waals surface area contributed by atoms with Crippen molar-refractivity contribution in [3.8, 4) is 10.6 Å². The lowest BCUT2D eigenvalue weighted by Gasteiger charge is -2.13. The first-order chi connectivity index (χ1) is 7.45. The maximum absolute atomic E-state index is 4.48. The summed E-state index contributed by atoms with van der Waals surface area (Å²) in [4.78, 5) is 1.33. The van der Waals surface area contributed by atoms with Gasteiger partial charge in [-0.3, -0.25) is 4.68 Å². The van der Waals surface area contributed by atoms with Crippen LogP contribution in [0.2, 0.25) is 0 Å². The number of thiophene rings is 1. The first-order valence-electron chi connectivity index (χ1n) is 5.52. The molecular weight excluding hydrogens is 204 g/mol. The first kappa shape index (κ1) is 9.16. The molecule has 0 atom stereocenters. The minimum Gasteiger partial charge on any atom is -0.261 e. The molecule has 0 bridgehead atoms. The fourth-order valence-corrected chi connectivity index (χ4v) is 3.12. The van der Waals surface area contributed by atoms with Crippen molar-refractivity contribution in [1.82, 2.24) is 9.78 Å². The molecule has 3 rings (SSSR count). The van der Waals surface area contributed by atoms with Crippen LogP contribution in [-0.2, 0) is 0 Å². The minimum atomic E-state index is 0.636. The van der Waals surface area contributed by atoms with Gasteiger partial charge in [0, 0.05) is 6.20 Å². The van der Waals surface area contributed by atoms with Crippen LogP contribution < -0.4 is 0 Å². The molecule has 1 fully saturated rings. The van der Waals surface area contributed by atoms with E-state index >= 15 is 0 Å². The Morgan fingerprint density at radius 1 is 1.27 bits per heavy atom. The third-order valence-electron chi connectivity index (χ3n) is 3.11. The fourth-order valence-electron chi connectivity index (χ4n) is 2.37. The van der Waals surface area contributed by atoms with Gasteiger partial charge in [0.15, 0.2) is 0 Å². The average Bonchev–Trinajstić information content (AvgIpc) is 3.01. The second kappa shape index (κ2) is 3.81. The summed E-state index contributed by atoms with van der Waals surface area (Å²) in [5.74, 6) is 0. The maximum atomic E-state index is 4.48. The van der Waals surface area contributed by atoms with E-state index in [9.17, 15) is 0 Å². The third kappa shape index (κ3) is 1.61. The standard InChI is InChI=1S/C12H14N2S/c1-2-5-10(4-1)14-11(7-8-13-14)12-6-3-9-15-12/h3,6-10H,1-2,4-5H2. The van der Waals surface area contributed by atoms with Crippen LogP contribution >= 0.6 is 11.3 Å². The van der Waals surface area contributed by atoms with E-state index < -0.39 is 0 Å².